The highest BCUT2D eigenvalue weighted by Crippen LogP contribution is 2.29. The normalized spacial score (nSPS) is 14.3. The first kappa shape index (κ1) is 22.0. The largest absolute Gasteiger partial charge is 0.375 e. The van der Waals surface area contributed by atoms with Crippen molar-refractivity contribution >= 4 is 27.2 Å². The van der Waals surface area contributed by atoms with Crippen LogP contribution in [0.2, 0.25) is 0 Å². The van der Waals surface area contributed by atoms with Crippen LogP contribution in [0.15, 0.2) is 41.4 Å². The number of aromatic nitrogens is 1. The minimum Gasteiger partial charge on any atom is -0.375 e. The van der Waals surface area contributed by atoms with E-state index >= 15 is 0 Å². The van der Waals surface area contributed by atoms with Crippen molar-refractivity contribution in [2.24, 2.45) is 0 Å². The Morgan fingerprint density at radius 2 is 1.87 bits per heavy atom. The molecule has 1 aromatic heterocycles. The van der Waals surface area contributed by atoms with Gasteiger partial charge in [-0.3, -0.25) is 10.1 Å². The number of nitro groups is 1. The van der Waals surface area contributed by atoms with Crippen LogP contribution in [0.4, 0.5) is 17.2 Å². The highest BCUT2D eigenvalue weighted by atomic mass is 32.2. The number of hydrogen-bond acceptors (Lipinski definition) is 7. The van der Waals surface area contributed by atoms with Gasteiger partial charge in [-0.2, -0.15) is 4.31 Å². The Kier molecular flexibility index (Phi) is 6.88. The Labute approximate surface area is 176 Å². The smallest absolute Gasteiger partial charge is 0.293 e. The Bertz CT molecular complexity index is 985. The van der Waals surface area contributed by atoms with E-state index in [9.17, 15) is 18.5 Å². The first-order valence-corrected chi connectivity index (χ1v) is 11.5. The van der Waals surface area contributed by atoms with Gasteiger partial charge in [0.05, 0.1) is 9.82 Å². The molecular formula is C20H27N5O4S. The molecule has 2 aromatic rings. The van der Waals surface area contributed by atoms with Gasteiger partial charge in [0.15, 0.2) is 0 Å². The molecule has 1 saturated heterocycles. The van der Waals surface area contributed by atoms with Crippen molar-refractivity contribution in [1.82, 2.24) is 9.29 Å². The number of nitro benzene ring substituents is 1. The lowest BCUT2D eigenvalue weighted by atomic mass is 10.2. The number of benzene rings is 1. The molecule has 0 spiro atoms. The van der Waals surface area contributed by atoms with Crippen LogP contribution < -0.4 is 10.2 Å². The van der Waals surface area contributed by atoms with Gasteiger partial charge >= 0.3 is 0 Å². The fourth-order valence-electron chi connectivity index (χ4n) is 3.54. The SMILES string of the molecule is CCN(CC)S(=O)(=O)c1ccc(NCc2ccc(N3CCCC3)nc2)c([N+](=O)[O-])c1. The van der Waals surface area contributed by atoms with E-state index in [0.29, 0.717) is 19.6 Å². The summed E-state index contributed by atoms with van der Waals surface area (Å²) in [4.78, 5) is 17.6. The average Bonchev–Trinajstić information content (AvgIpc) is 3.28. The van der Waals surface area contributed by atoms with Crippen LogP contribution in [0.5, 0.6) is 0 Å². The second-order valence-electron chi connectivity index (χ2n) is 7.10. The van der Waals surface area contributed by atoms with Crippen molar-refractivity contribution in [3.05, 3.63) is 52.2 Å². The molecule has 30 heavy (non-hydrogen) atoms. The summed E-state index contributed by atoms with van der Waals surface area (Å²) in [6, 6.07) is 7.86. The summed E-state index contributed by atoms with van der Waals surface area (Å²) < 4.78 is 26.6. The van der Waals surface area contributed by atoms with Crippen molar-refractivity contribution < 1.29 is 13.3 Å². The highest BCUT2D eigenvalue weighted by Gasteiger charge is 2.25. The summed E-state index contributed by atoms with van der Waals surface area (Å²) in [5, 5.41) is 14.6. The summed E-state index contributed by atoms with van der Waals surface area (Å²) in [7, 11) is -3.77. The van der Waals surface area contributed by atoms with Crippen molar-refractivity contribution in [2.75, 3.05) is 36.4 Å². The predicted octanol–water partition coefficient (Wildman–Crippen LogP) is 3.23. The number of anilines is 2. The van der Waals surface area contributed by atoms with Crippen molar-refractivity contribution in [3.63, 3.8) is 0 Å². The van der Waals surface area contributed by atoms with Crippen LogP contribution in [0.1, 0.15) is 32.3 Å². The van der Waals surface area contributed by atoms with E-state index in [4.69, 9.17) is 0 Å². The van der Waals surface area contributed by atoms with Gasteiger partial charge in [-0.05, 0) is 36.6 Å². The Hall–Kier alpha value is -2.72. The molecular weight excluding hydrogens is 406 g/mol. The molecule has 3 rings (SSSR count). The monoisotopic (exact) mass is 433 g/mol. The molecule has 10 heteroatoms. The lowest BCUT2D eigenvalue weighted by Gasteiger charge is -2.18. The quantitative estimate of drug-likeness (QED) is 0.478. The Balaban J connectivity index is 1.76. The van der Waals surface area contributed by atoms with E-state index in [2.05, 4.69) is 15.2 Å². The zero-order chi connectivity index (χ0) is 21.7. The fourth-order valence-corrected chi connectivity index (χ4v) is 5.02. The van der Waals surface area contributed by atoms with E-state index in [-0.39, 0.29) is 16.3 Å². The highest BCUT2D eigenvalue weighted by molar-refractivity contribution is 7.89. The van der Waals surface area contributed by atoms with Gasteiger partial charge in [-0.15, -0.1) is 0 Å². The Morgan fingerprint density at radius 1 is 1.17 bits per heavy atom. The number of rotatable bonds is 9. The van der Waals surface area contributed by atoms with Crippen molar-refractivity contribution in [2.45, 2.75) is 38.1 Å². The maximum Gasteiger partial charge on any atom is 0.293 e. The van der Waals surface area contributed by atoms with Gasteiger partial charge in [0.2, 0.25) is 10.0 Å². The van der Waals surface area contributed by atoms with E-state index in [0.717, 1.165) is 30.5 Å². The average molecular weight is 434 g/mol. The molecule has 1 N–H and O–H groups in total. The molecule has 162 valence electrons. The summed E-state index contributed by atoms with van der Waals surface area (Å²) in [6.45, 7) is 6.43. The van der Waals surface area contributed by atoms with Crippen LogP contribution in [0.3, 0.4) is 0 Å². The molecule has 0 unspecified atom stereocenters. The number of sulfonamides is 1. The summed E-state index contributed by atoms with van der Waals surface area (Å²) in [5.41, 5.74) is 0.874. The second kappa shape index (κ2) is 9.40. The fraction of sp³-hybridized carbons (Fsp3) is 0.450. The molecule has 0 atom stereocenters. The third-order valence-corrected chi connectivity index (χ3v) is 7.28. The minimum absolute atomic E-state index is 0.0833. The molecule has 9 nitrogen and oxygen atoms in total. The zero-order valence-corrected chi connectivity index (χ0v) is 18.1. The maximum absolute atomic E-state index is 12.7. The molecule has 1 aromatic carbocycles. The van der Waals surface area contributed by atoms with Crippen molar-refractivity contribution in [1.29, 1.82) is 0 Å². The molecule has 2 heterocycles. The standard InChI is InChI=1S/C20H27N5O4S/c1-3-24(4-2)30(28,29)17-8-9-18(19(13-17)25(26)27)21-14-16-7-10-20(22-15-16)23-11-5-6-12-23/h7-10,13,15,21H,3-6,11-12,14H2,1-2H3. The lowest BCUT2D eigenvalue weighted by Crippen LogP contribution is -2.30. The van der Waals surface area contributed by atoms with Crippen LogP contribution in [-0.4, -0.2) is 48.8 Å². The number of hydrogen-bond donors (Lipinski definition) is 1. The number of pyridine rings is 1. The third-order valence-electron chi connectivity index (χ3n) is 5.23. The first-order chi connectivity index (χ1) is 14.4. The topological polar surface area (TPSA) is 109 Å². The summed E-state index contributed by atoms with van der Waals surface area (Å²) >= 11 is 0. The maximum atomic E-state index is 12.7. The van der Waals surface area contributed by atoms with Gasteiger partial charge < -0.3 is 10.2 Å². The number of nitrogens with zero attached hydrogens (tertiary/aromatic N) is 4. The first-order valence-electron chi connectivity index (χ1n) is 10.1. The minimum atomic E-state index is -3.77. The molecule has 0 radical (unpaired) electrons. The molecule has 0 aliphatic carbocycles. The predicted molar refractivity (Wildman–Crippen MR) is 116 cm³/mol. The van der Waals surface area contributed by atoms with E-state index in [1.165, 1.54) is 29.3 Å². The van der Waals surface area contributed by atoms with Crippen LogP contribution in [0.25, 0.3) is 0 Å². The van der Waals surface area contributed by atoms with E-state index in [1.807, 2.05) is 12.1 Å². The second-order valence-corrected chi connectivity index (χ2v) is 9.04. The number of nitrogens with one attached hydrogen (secondary N) is 1. The molecule has 1 aliphatic heterocycles. The molecule has 0 bridgehead atoms. The molecule has 1 fully saturated rings. The van der Waals surface area contributed by atoms with Gasteiger partial charge in [-0.25, -0.2) is 13.4 Å². The van der Waals surface area contributed by atoms with Gasteiger partial charge in [0.25, 0.3) is 5.69 Å². The van der Waals surface area contributed by atoms with E-state index < -0.39 is 14.9 Å². The van der Waals surface area contributed by atoms with Gasteiger partial charge in [-0.1, -0.05) is 19.9 Å². The van der Waals surface area contributed by atoms with Crippen LogP contribution in [0, 0.1) is 10.1 Å². The van der Waals surface area contributed by atoms with Gasteiger partial charge in [0, 0.05) is 45.0 Å². The molecule has 1 aliphatic rings. The van der Waals surface area contributed by atoms with Crippen molar-refractivity contribution in [3.8, 4) is 0 Å². The molecule has 0 saturated carbocycles. The summed E-state index contributed by atoms with van der Waals surface area (Å²) in [6.07, 6.45) is 4.11. The van der Waals surface area contributed by atoms with Gasteiger partial charge in [0.1, 0.15) is 11.5 Å². The van der Waals surface area contributed by atoms with Crippen LogP contribution >= 0.6 is 0 Å². The Morgan fingerprint density at radius 3 is 2.43 bits per heavy atom. The third kappa shape index (κ3) is 4.71. The van der Waals surface area contributed by atoms with E-state index in [1.54, 1.807) is 20.0 Å². The van der Waals surface area contributed by atoms with Crippen LogP contribution in [-0.2, 0) is 16.6 Å². The lowest BCUT2D eigenvalue weighted by molar-refractivity contribution is -0.384. The molecule has 0 amide bonds. The summed E-state index contributed by atoms with van der Waals surface area (Å²) in [5.74, 6) is 0.938. The zero-order valence-electron chi connectivity index (χ0n) is 17.2.